The number of rotatable bonds is 2. The molecule has 0 atom stereocenters. The molecule has 0 radical (unpaired) electrons. The number of nitrogens with zero attached hydrogens (tertiary/aromatic N) is 2. The van der Waals surface area contributed by atoms with Crippen LogP contribution in [0.2, 0.25) is 0 Å². The molecule has 0 aliphatic carbocycles. The molecular weight excluding hydrogens is 288 g/mol. The lowest BCUT2D eigenvalue weighted by atomic mass is 10.2. The summed E-state index contributed by atoms with van der Waals surface area (Å²) in [6, 6.07) is 6.48. The Bertz CT molecular complexity index is 629. The van der Waals surface area contributed by atoms with Crippen LogP contribution in [-0.2, 0) is 10.0 Å². The van der Waals surface area contributed by atoms with Gasteiger partial charge >= 0.3 is 0 Å². The maximum absolute atomic E-state index is 12.6. The first-order valence-electron chi connectivity index (χ1n) is 6.92. The predicted octanol–water partition coefficient (Wildman–Crippen LogP) is 0.357. The van der Waals surface area contributed by atoms with E-state index in [1.807, 2.05) is 7.05 Å². The van der Waals surface area contributed by atoms with Gasteiger partial charge in [0.2, 0.25) is 10.0 Å². The van der Waals surface area contributed by atoms with Gasteiger partial charge in [-0.1, -0.05) is 11.8 Å². The Hall–Kier alpha value is -1.39. The van der Waals surface area contributed by atoms with Crippen molar-refractivity contribution in [3.8, 4) is 11.8 Å². The van der Waals surface area contributed by atoms with Crippen molar-refractivity contribution in [3.05, 3.63) is 29.8 Å². The van der Waals surface area contributed by atoms with E-state index >= 15 is 0 Å². The average Bonchev–Trinajstić information content (AvgIpc) is 2.70. The van der Waals surface area contributed by atoms with Crippen molar-refractivity contribution in [1.82, 2.24) is 9.21 Å². The molecule has 5 nitrogen and oxygen atoms in total. The Morgan fingerprint density at radius 3 is 2.52 bits per heavy atom. The van der Waals surface area contributed by atoms with Gasteiger partial charge in [-0.15, -0.1) is 0 Å². The fourth-order valence-electron chi connectivity index (χ4n) is 2.26. The van der Waals surface area contributed by atoms with Crippen molar-refractivity contribution in [2.75, 3.05) is 39.8 Å². The SMILES string of the molecule is CN1CCCN(S(=O)(=O)c2ccc(C#CCO)cc2)CC1. The molecule has 1 aromatic carbocycles. The van der Waals surface area contributed by atoms with Crippen molar-refractivity contribution in [3.63, 3.8) is 0 Å². The predicted molar refractivity (Wildman–Crippen MR) is 81.3 cm³/mol. The molecule has 1 fully saturated rings. The highest BCUT2D eigenvalue weighted by Crippen LogP contribution is 2.18. The van der Waals surface area contributed by atoms with Crippen LogP contribution in [0.15, 0.2) is 29.2 Å². The third kappa shape index (κ3) is 4.05. The van der Waals surface area contributed by atoms with E-state index in [-0.39, 0.29) is 6.61 Å². The van der Waals surface area contributed by atoms with Gasteiger partial charge in [0.1, 0.15) is 6.61 Å². The summed E-state index contributed by atoms with van der Waals surface area (Å²) in [6.45, 7) is 2.53. The van der Waals surface area contributed by atoms with E-state index in [1.54, 1.807) is 28.6 Å². The van der Waals surface area contributed by atoms with E-state index in [2.05, 4.69) is 16.7 Å². The van der Waals surface area contributed by atoms with Gasteiger partial charge < -0.3 is 10.0 Å². The topological polar surface area (TPSA) is 60.9 Å². The summed E-state index contributed by atoms with van der Waals surface area (Å²) in [6.07, 6.45) is 0.843. The highest BCUT2D eigenvalue weighted by Gasteiger charge is 2.25. The van der Waals surface area contributed by atoms with Crippen LogP contribution in [0.1, 0.15) is 12.0 Å². The van der Waals surface area contributed by atoms with Gasteiger partial charge in [0, 0.05) is 25.2 Å². The third-order valence-corrected chi connectivity index (χ3v) is 5.40. The second-order valence-electron chi connectivity index (χ2n) is 5.05. The Balaban J connectivity index is 2.18. The zero-order valence-corrected chi connectivity index (χ0v) is 12.9. The molecule has 1 saturated heterocycles. The number of benzene rings is 1. The minimum Gasteiger partial charge on any atom is -0.384 e. The van der Waals surface area contributed by atoms with Crippen molar-refractivity contribution < 1.29 is 13.5 Å². The lowest BCUT2D eigenvalue weighted by Crippen LogP contribution is -2.34. The number of sulfonamides is 1. The first-order valence-corrected chi connectivity index (χ1v) is 8.36. The largest absolute Gasteiger partial charge is 0.384 e. The molecule has 1 aromatic rings. The summed E-state index contributed by atoms with van der Waals surface area (Å²) < 4.78 is 26.8. The van der Waals surface area contributed by atoms with E-state index in [9.17, 15) is 8.42 Å². The average molecular weight is 308 g/mol. The monoisotopic (exact) mass is 308 g/mol. The van der Waals surface area contributed by atoms with Gasteiger partial charge in [-0.25, -0.2) is 8.42 Å². The zero-order valence-electron chi connectivity index (χ0n) is 12.1. The van der Waals surface area contributed by atoms with Crippen molar-refractivity contribution in [1.29, 1.82) is 0 Å². The standard InChI is InChI=1S/C15H20N2O3S/c1-16-9-3-10-17(12-11-16)21(19,20)15-7-5-14(6-8-15)4-2-13-18/h5-8,18H,3,9-13H2,1H3. The molecule has 6 heteroatoms. The summed E-state index contributed by atoms with van der Waals surface area (Å²) >= 11 is 0. The molecule has 1 heterocycles. The van der Waals surface area contributed by atoms with E-state index in [1.165, 1.54) is 0 Å². The lowest BCUT2D eigenvalue weighted by Gasteiger charge is -2.20. The minimum atomic E-state index is -3.44. The van der Waals surface area contributed by atoms with Gasteiger partial charge in [0.05, 0.1) is 4.90 Å². The fraction of sp³-hybridized carbons (Fsp3) is 0.467. The van der Waals surface area contributed by atoms with Crippen LogP contribution < -0.4 is 0 Å². The van der Waals surface area contributed by atoms with Crippen LogP contribution >= 0.6 is 0 Å². The summed E-state index contributed by atoms with van der Waals surface area (Å²) in [5, 5.41) is 8.65. The molecule has 1 aliphatic heterocycles. The Kier molecular flexibility index (Phi) is 5.37. The Morgan fingerprint density at radius 2 is 1.86 bits per heavy atom. The molecule has 0 unspecified atom stereocenters. The molecule has 21 heavy (non-hydrogen) atoms. The van der Waals surface area contributed by atoms with E-state index in [0.717, 1.165) is 19.5 Å². The van der Waals surface area contributed by atoms with E-state index in [0.29, 0.717) is 23.5 Å². The van der Waals surface area contributed by atoms with Crippen LogP contribution in [0.4, 0.5) is 0 Å². The fourth-order valence-corrected chi connectivity index (χ4v) is 3.73. The Morgan fingerprint density at radius 1 is 1.14 bits per heavy atom. The maximum Gasteiger partial charge on any atom is 0.243 e. The lowest BCUT2D eigenvalue weighted by molar-refractivity contribution is 0.347. The van der Waals surface area contributed by atoms with Gasteiger partial charge in [0.25, 0.3) is 0 Å². The summed E-state index contributed by atoms with van der Waals surface area (Å²) in [5.74, 6) is 5.29. The number of likely N-dealkylation sites (N-methyl/N-ethyl adjacent to an activating group) is 1. The second-order valence-corrected chi connectivity index (χ2v) is 6.98. The number of hydrogen-bond acceptors (Lipinski definition) is 4. The molecule has 2 rings (SSSR count). The normalized spacial score (nSPS) is 17.8. The third-order valence-electron chi connectivity index (χ3n) is 3.48. The van der Waals surface area contributed by atoms with Gasteiger partial charge in [0.15, 0.2) is 0 Å². The highest BCUT2D eigenvalue weighted by atomic mass is 32.2. The van der Waals surface area contributed by atoms with E-state index in [4.69, 9.17) is 5.11 Å². The number of aliphatic hydroxyl groups is 1. The minimum absolute atomic E-state index is 0.207. The number of aliphatic hydroxyl groups excluding tert-OH is 1. The van der Waals surface area contributed by atoms with Crippen LogP contribution in [0, 0.1) is 11.8 Å². The van der Waals surface area contributed by atoms with Crippen LogP contribution in [-0.4, -0.2) is 62.6 Å². The summed E-state index contributed by atoms with van der Waals surface area (Å²) in [5.41, 5.74) is 0.693. The van der Waals surface area contributed by atoms with Crippen molar-refractivity contribution >= 4 is 10.0 Å². The molecule has 1 N–H and O–H groups in total. The molecule has 1 aliphatic rings. The molecule has 0 bridgehead atoms. The molecule has 0 aromatic heterocycles. The van der Waals surface area contributed by atoms with E-state index < -0.39 is 10.0 Å². The smallest absolute Gasteiger partial charge is 0.243 e. The van der Waals surface area contributed by atoms with Crippen molar-refractivity contribution in [2.24, 2.45) is 0 Å². The molecule has 114 valence electrons. The van der Waals surface area contributed by atoms with Crippen LogP contribution in [0.25, 0.3) is 0 Å². The van der Waals surface area contributed by atoms with Gasteiger partial charge in [-0.05, 0) is 44.3 Å². The van der Waals surface area contributed by atoms with Crippen LogP contribution in [0.3, 0.4) is 0 Å². The first-order chi connectivity index (χ1) is 10.0. The molecular formula is C15H20N2O3S. The second kappa shape index (κ2) is 7.05. The molecule has 0 amide bonds. The Labute approximate surface area is 126 Å². The quantitative estimate of drug-likeness (QED) is 0.801. The first kappa shape index (κ1) is 16.0. The van der Waals surface area contributed by atoms with Gasteiger partial charge in [-0.3, -0.25) is 0 Å². The molecule has 0 saturated carbocycles. The molecule has 0 spiro atoms. The van der Waals surface area contributed by atoms with Crippen molar-refractivity contribution in [2.45, 2.75) is 11.3 Å². The maximum atomic E-state index is 12.6. The summed E-state index contributed by atoms with van der Waals surface area (Å²) in [4.78, 5) is 2.44. The highest BCUT2D eigenvalue weighted by molar-refractivity contribution is 7.89. The summed E-state index contributed by atoms with van der Waals surface area (Å²) in [7, 11) is -1.43. The van der Waals surface area contributed by atoms with Gasteiger partial charge in [-0.2, -0.15) is 4.31 Å². The zero-order chi connectivity index (χ0) is 15.3. The number of hydrogen-bond donors (Lipinski definition) is 1. The van der Waals surface area contributed by atoms with Crippen LogP contribution in [0.5, 0.6) is 0 Å².